The SMILES string of the molecule is CCCN(Cc1nnc(-c2ccco2)o1)C(=O)[C@@H]1CCCN(C(=O)c2ccc(Cl)cc2)C1. The second-order valence-corrected chi connectivity index (χ2v) is 8.27. The number of furan rings is 1. The van der Waals surface area contributed by atoms with Gasteiger partial charge in [-0.05, 0) is 55.7 Å². The van der Waals surface area contributed by atoms with Crippen LogP contribution in [0.25, 0.3) is 11.7 Å². The van der Waals surface area contributed by atoms with Gasteiger partial charge in [0.15, 0.2) is 5.76 Å². The van der Waals surface area contributed by atoms with Crippen molar-refractivity contribution in [1.82, 2.24) is 20.0 Å². The summed E-state index contributed by atoms with van der Waals surface area (Å²) >= 11 is 5.93. The average molecular weight is 457 g/mol. The Kier molecular flexibility index (Phi) is 6.90. The van der Waals surface area contributed by atoms with E-state index < -0.39 is 0 Å². The standard InChI is InChI=1S/C23H25ClN4O4/c1-2-11-27(15-20-25-26-21(32-20)19-6-4-13-31-19)23(30)17-5-3-12-28(14-17)22(29)16-7-9-18(24)10-8-16/h4,6-10,13,17H,2-3,5,11-12,14-15H2,1H3/t17-/m1/s1. The van der Waals surface area contributed by atoms with Crippen LogP contribution >= 0.6 is 11.6 Å². The molecule has 0 N–H and O–H groups in total. The van der Waals surface area contributed by atoms with Crippen molar-refractivity contribution in [1.29, 1.82) is 0 Å². The van der Waals surface area contributed by atoms with Crippen LogP contribution in [0.5, 0.6) is 0 Å². The van der Waals surface area contributed by atoms with Gasteiger partial charge in [0.25, 0.3) is 11.8 Å². The van der Waals surface area contributed by atoms with Crippen LogP contribution in [0, 0.1) is 5.92 Å². The zero-order chi connectivity index (χ0) is 22.5. The van der Waals surface area contributed by atoms with Crippen LogP contribution in [-0.2, 0) is 11.3 Å². The van der Waals surface area contributed by atoms with E-state index in [1.54, 1.807) is 46.2 Å². The van der Waals surface area contributed by atoms with Crippen molar-refractivity contribution >= 4 is 23.4 Å². The van der Waals surface area contributed by atoms with Crippen LogP contribution in [0.1, 0.15) is 42.4 Å². The zero-order valence-corrected chi connectivity index (χ0v) is 18.6. The summed E-state index contributed by atoms with van der Waals surface area (Å²) in [6.07, 6.45) is 3.85. The molecule has 0 saturated carbocycles. The van der Waals surface area contributed by atoms with Gasteiger partial charge in [0.05, 0.1) is 18.7 Å². The van der Waals surface area contributed by atoms with Crippen molar-refractivity contribution < 1.29 is 18.4 Å². The second-order valence-electron chi connectivity index (χ2n) is 7.84. The Bertz CT molecular complexity index is 1050. The highest BCUT2D eigenvalue weighted by Gasteiger charge is 2.32. The van der Waals surface area contributed by atoms with Gasteiger partial charge in [-0.2, -0.15) is 0 Å². The fraction of sp³-hybridized carbons (Fsp3) is 0.391. The minimum Gasteiger partial charge on any atom is -0.459 e. The number of amides is 2. The molecule has 0 unspecified atom stereocenters. The lowest BCUT2D eigenvalue weighted by Crippen LogP contribution is -2.46. The Balaban J connectivity index is 1.43. The molecule has 1 aliphatic rings. The highest BCUT2D eigenvalue weighted by atomic mass is 35.5. The molecule has 168 valence electrons. The van der Waals surface area contributed by atoms with Gasteiger partial charge in [0.2, 0.25) is 11.8 Å². The number of hydrogen-bond donors (Lipinski definition) is 0. The van der Waals surface area contributed by atoms with Crippen molar-refractivity contribution in [2.24, 2.45) is 5.92 Å². The van der Waals surface area contributed by atoms with E-state index in [-0.39, 0.29) is 30.2 Å². The number of nitrogens with zero attached hydrogens (tertiary/aromatic N) is 4. The summed E-state index contributed by atoms with van der Waals surface area (Å²) < 4.78 is 11.0. The molecule has 9 heteroatoms. The molecule has 3 aromatic rings. The molecular weight excluding hydrogens is 432 g/mol. The molecule has 32 heavy (non-hydrogen) atoms. The maximum atomic E-state index is 13.3. The van der Waals surface area contributed by atoms with Crippen LogP contribution in [0.3, 0.4) is 0 Å². The van der Waals surface area contributed by atoms with Gasteiger partial charge >= 0.3 is 0 Å². The Morgan fingerprint density at radius 2 is 2.03 bits per heavy atom. The van der Waals surface area contributed by atoms with E-state index in [0.29, 0.717) is 41.9 Å². The van der Waals surface area contributed by atoms with Gasteiger partial charge in [0.1, 0.15) is 0 Å². The Hall–Kier alpha value is -3.13. The molecule has 4 rings (SSSR count). The van der Waals surface area contributed by atoms with E-state index in [0.717, 1.165) is 19.3 Å². The number of carbonyl (C=O) groups excluding carboxylic acids is 2. The highest BCUT2D eigenvalue weighted by molar-refractivity contribution is 6.30. The number of halogens is 1. The third kappa shape index (κ3) is 5.02. The van der Waals surface area contributed by atoms with E-state index >= 15 is 0 Å². The normalized spacial score (nSPS) is 16.2. The topological polar surface area (TPSA) is 92.7 Å². The number of aromatic nitrogens is 2. The van der Waals surface area contributed by atoms with E-state index in [4.69, 9.17) is 20.4 Å². The summed E-state index contributed by atoms with van der Waals surface area (Å²) in [6.45, 7) is 3.83. The predicted molar refractivity (Wildman–Crippen MR) is 118 cm³/mol. The second kappa shape index (κ2) is 9.99. The molecule has 0 spiro atoms. The zero-order valence-electron chi connectivity index (χ0n) is 17.9. The molecule has 1 aliphatic heterocycles. The smallest absolute Gasteiger partial charge is 0.283 e. The van der Waals surface area contributed by atoms with Gasteiger partial charge in [0, 0.05) is 30.2 Å². The first-order valence-electron chi connectivity index (χ1n) is 10.7. The van der Waals surface area contributed by atoms with E-state index in [1.165, 1.54) is 6.26 Å². The van der Waals surface area contributed by atoms with Crippen molar-refractivity contribution in [3.8, 4) is 11.7 Å². The van der Waals surface area contributed by atoms with E-state index in [1.807, 2.05) is 6.92 Å². The molecule has 8 nitrogen and oxygen atoms in total. The molecule has 1 aromatic carbocycles. The molecule has 1 atom stereocenters. The fourth-order valence-electron chi connectivity index (χ4n) is 3.91. The summed E-state index contributed by atoms with van der Waals surface area (Å²) in [5, 5.41) is 8.66. The summed E-state index contributed by atoms with van der Waals surface area (Å²) in [5.74, 6) is 0.772. The summed E-state index contributed by atoms with van der Waals surface area (Å²) in [5.41, 5.74) is 0.573. The van der Waals surface area contributed by atoms with Gasteiger partial charge in [-0.1, -0.05) is 18.5 Å². The van der Waals surface area contributed by atoms with Crippen LogP contribution in [0.15, 0.2) is 51.5 Å². The van der Waals surface area contributed by atoms with Gasteiger partial charge < -0.3 is 18.6 Å². The lowest BCUT2D eigenvalue weighted by Gasteiger charge is -2.34. The van der Waals surface area contributed by atoms with Crippen LogP contribution in [0.2, 0.25) is 5.02 Å². The summed E-state index contributed by atoms with van der Waals surface area (Å²) in [6, 6.07) is 10.3. The first-order valence-corrected chi connectivity index (χ1v) is 11.1. The number of rotatable bonds is 7. The monoisotopic (exact) mass is 456 g/mol. The summed E-state index contributed by atoms with van der Waals surface area (Å²) in [7, 11) is 0. The van der Waals surface area contributed by atoms with Crippen LogP contribution in [0.4, 0.5) is 0 Å². The number of carbonyl (C=O) groups is 2. The third-order valence-corrected chi connectivity index (χ3v) is 5.73. The van der Waals surface area contributed by atoms with Gasteiger partial charge in [-0.25, -0.2) is 0 Å². The first kappa shape index (κ1) is 22.1. The van der Waals surface area contributed by atoms with Crippen molar-refractivity contribution in [2.45, 2.75) is 32.7 Å². The first-order chi connectivity index (χ1) is 15.5. The highest BCUT2D eigenvalue weighted by Crippen LogP contribution is 2.23. The maximum absolute atomic E-state index is 13.3. The molecule has 1 saturated heterocycles. The number of hydrogen-bond acceptors (Lipinski definition) is 6. The maximum Gasteiger partial charge on any atom is 0.283 e. The lowest BCUT2D eigenvalue weighted by molar-refractivity contribution is -0.138. The quantitative estimate of drug-likeness (QED) is 0.527. The number of likely N-dealkylation sites (tertiary alicyclic amines) is 1. The number of piperidine rings is 1. The average Bonchev–Trinajstić information content (AvgIpc) is 3.51. The lowest BCUT2D eigenvalue weighted by atomic mass is 9.95. The molecule has 2 amide bonds. The third-order valence-electron chi connectivity index (χ3n) is 5.48. The largest absolute Gasteiger partial charge is 0.459 e. The van der Waals surface area contributed by atoms with Crippen molar-refractivity contribution in [2.75, 3.05) is 19.6 Å². The van der Waals surface area contributed by atoms with Gasteiger partial charge in [-0.15, -0.1) is 10.2 Å². The molecule has 1 fully saturated rings. The Morgan fingerprint density at radius 3 is 2.75 bits per heavy atom. The van der Waals surface area contributed by atoms with Gasteiger partial charge in [-0.3, -0.25) is 9.59 Å². The molecular formula is C23H25ClN4O4. The predicted octanol–water partition coefficient (Wildman–Crippen LogP) is 4.27. The van der Waals surface area contributed by atoms with Crippen LogP contribution in [-0.4, -0.2) is 51.4 Å². The van der Waals surface area contributed by atoms with Crippen molar-refractivity contribution in [3.05, 3.63) is 59.1 Å². The minimum absolute atomic E-state index is 0.00166. The van der Waals surface area contributed by atoms with Crippen LogP contribution < -0.4 is 0 Å². The number of benzene rings is 1. The molecule has 0 radical (unpaired) electrons. The van der Waals surface area contributed by atoms with E-state index in [9.17, 15) is 9.59 Å². The van der Waals surface area contributed by atoms with Crippen molar-refractivity contribution in [3.63, 3.8) is 0 Å². The Labute approximate surface area is 191 Å². The summed E-state index contributed by atoms with van der Waals surface area (Å²) in [4.78, 5) is 29.7. The Morgan fingerprint density at radius 1 is 1.22 bits per heavy atom. The molecule has 0 aliphatic carbocycles. The molecule has 2 aromatic heterocycles. The minimum atomic E-state index is -0.265. The van der Waals surface area contributed by atoms with E-state index in [2.05, 4.69) is 10.2 Å². The fourth-order valence-corrected chi connectivity index (χ4v) is 4.04. The molecule has 3 heterocycles. The molecule has 0 bridgehead atoms.